The van der Waals surface area contributed by atoms with E-state index in [1.807, 2.05) is 26.0 Å². The number of benzene rings is 2. The van der Waals surface area contributed by atoms with Crippen LogP contribution in [-0.2, 0) is 9.59 Å². The second kappa shape index (κ2) is 6.85. The molecule has 4 rings (SSSR count). The smallest absolute Gasteiger partial charge is 0.232 e. The minimum Gasteiger partial charge on any atom is -0.294 e. The zero-order valence-electron chi connectivity index (χ0n) is 15.8. The van der Waals surface area contributed by atoms with E-state index in [0.29, 0.717) is 29.1 Å². The Morgan fingerprint density at radius 1 is 1.04 bits per heavy atom. The summed E-state index contributed by atoms with van der Waals surface area (Å²) in [7, 11) is 0. The van der Waals surface area contributed by atoms with Crippen LogP contribution >= 0.6 is 11.6 Å². The molecule has 1 aliphatic heterocycles. The number of carbonyl (C=O) groups is 2. The van der Waals surface area contributed by atoms with Crippen LogP contribution in [-0.4, -0.2) is 11.7 Å². The van der Waals surface area contributed by atoms with Gasteiger partial charge in [-0.15, -0.1) is 0 Å². The molecule has 1 amide bonds. The van der Waals surface area contributed by atoms with Crippen LogP contribution in [0.25, 0.3) is 0 Å². The van der Waals surface area contributed by atoms with Gasteiger partial charge in [0.05, 0.1) is 5.69 Å². The van der Waals surface area contributed by atoms with Crippen molar-refractivity contribution in [3.8, 4) is 0 Å². The number of allylic oxidation sites excluding steroid dienone is 2. The molecule has 2 aromatic carbocycles. The van der Waals surface area contributed by atoms with Crippen LogP contribution in [0.4, 0.5) is 10.1 Å². The van der Waals surface area contributed by atoms with Gasteiger partial charge in [0.1, 0.15) is 5.82 Å². The van der Waals surface area contributed by atoms with E-state index in [2.05, 4.69) is 0 Å². The number of halogens is 2. The van der Waals surface area contributed by atoms with Gasteiger partial charge in [-0.2, -0.15) is 0 Å². The Hall–Kier alpha value is -2.46. The fraction of sp³-hybridized carbons (Fsp3) is 0.304. The highest BCUT2D eigenvalue weighted by Crippen LogP contribution is 2.48. The highest BCUT2D eigenvalue weighted by molar-refractivity contribution is 6.30. The third kappa shape index (κ3) is 3.26. The minimum atomic E-state index is -0.469. The Kier molecular flexibility index (Phi) is 4.62. The van der Waals surface area contributed by atoms with Gasteiger partial charge in [0.2, 0.25) is 5.91 Å². The summed E-state index contributed by atoms with van der Waals surface area (Å²) in [4.78, 5) is 27.7. The van der Waals surface area contributed by atoms with Gasteiger partial charge < -0.3 is 0 Å². The van der Waals surface area contributed by atoms with Crippen molar-refractivity contribution in [2.75, 3.05) is 4.90 Å². The van der Waals surface area contributed by atoms with Crippen molar-refractivity contribution >= 4 is 29.0 Å². The molecule has 3 nitrogen and oxygen atoms in total. The standard InChI is InChI=1S/C23H21ClFNO2/c1-23(2)12-19-22(20(27)13-23)16(14-7-9-15(24)10-8-14)11-21(28)26(19)18-6-4-3-5-17(18)25/h3-10,16H,11-13H2,1-2H3/t16-/m1/s1. The third-order valence-electron chi connectivity index (χ3n) is 5.51. The maximum Gasteiger partial charge on any atom is 0.232 e. The lowest BCUT2D eigenvalue weighted by atomic mass is 9.69. The van der Waals surface area contributed by atoms with Crippen LogP contribution in [0.2, 0.25) is 5.02 Å². The normalized spacial score (nSPS) is 21.7. The molecular weight excluding hydrogens is 377 g/mol. The molecule has 0 aromatic heterocycles. The Bertz CT molecular complexity index is 994. The number of carbonyl (C=O) groups excluding carboxylic acids is 2. The van der Waals surface area contributed by atoms with Gasteiger partial charge in [-0.3, -0.25) is 14.5 Å². The molecule has 1 heterocycles. The van der Waals surface area contributed by atoms with Crippen LogP contribution in [0.1, 0.15) is 44.6 Å². The molecule has 1 aliphatic carbocycles. The molecule has 144 valence electrons. The van der Waals surface area contributed by atoms with Crippen LogP contribution in [0, 0.1) is 11.2 Å². The molecule has 0 bridgehead atoms. The lowest BCUT2D eigenvalue weighted by Crippen LogP contribution is -2.44. The molecule has 2 aliphatic rings. The predicted molar refractivity (Wildman–Crippen MR) is 108 cm³/mol. The Morgan fingerprint density at radius 3 is 2.39 bits per heavy atom. The van der Waals surface area contributed by atoms with Gasteiger partial charge >= 0.3 is 0 Å². The Morgan fingerprint density at radius 2 is 1.71 bits per heavy atom. The van der Waals surface area contributed by atoms with Crippen LogP contribution in [0.15, 0.2) is 59.8 Å². The van der Waals surface area contributed by atoms with Gasteiger partial charge in [0, 0.05) is 35.1 Å². The predicted octanol–water partition coefficient (Wildman–Crippen LogP) is 5.64. The van der Waals surface area contributed by atoms with Crippen LogP contribution in [0.3, 0.4) is 0 Å². The van der Waals surface area contributed by atoms with Gasteiger partial charge in [0.25, 0.3) is 0 Å². The van der Waals surface area contributed by atoms with Gasteiger partial charge in [-0.25, -0.2) is 4.39 Å². The van der Waals surface area contributed by atoms with E-state index in [9.17, 15) is 14.0 Å². The molecule has 0 spiro atoms. The number of nitrogens with zero attached hydrogens (tertiary/aromatic N) is 1. The molecule has 0 saturated heterocycles. The lowest BCUT2D eigenvalue weighted by molar-refractivity contribution is -0.121. The van der Waals surface area contributed by atoms with E-state index < -0.39 is 5.82 Å². The number of Topliss-reactive ketones (excluding diaryl/α,β-unsaturated/α-hetero) is 1. The molecular formula is C23H21ClFNO2. The highest BCUT2D eigenvalue weighted by Gasteiger charge is 2.44. The highest BCUT2D eigenvalue weighted by atomic mass is 35.5. The summed E-state index contributed by atoms with van der Waals surface area (Å²) in [5.74, 6) is -0.968. The summed E-state index contributed by atoms with van der Waals surface area (Å²) in [6.45, 7) is 4.01. The maximum atomic E-state index is 14.5. The second-order valence-corrected chi connectivity index (χ2v) is 8.73. The summed E-state index contributed by atoms with van der Waals surface area (Å²) >= 11 is 6.01. The van der Waals surface area contributed by atoms with Crippen molar-refractivity contribution in [1.29, 1.82) is 0 Å². The van der Waals surface area contributed by atoms with Crippen molar-refractivity contribution in [2.24, 2.45) is 5.41 Å². The third-order valence-corrected chi connectivity index (χ3v) is 5.76. The first kappa shape index (κ1) is 18.9. The summed E-state index contributed by atoms with van der Waals surface area (Å²) in [5.41, 5.74) is 2.06. The molecule has 1 atom stereocenters. The summed E-state index contributed by atoms with van der Waals surface area (Å²) in [5, 5.41) is 0.601. The minimum absolute atomic E-state index is 0.0278. The topological polar surface area (TPSA) is 37.4 Å². The van der Waals surface area contributed by atoms with Crippen LogP contribution < -0.4 is 4.90 Å². The molecule has 28 heavy (non-hydrogen) atoms. The summed E-state index contributed by atoms with van der Waals surface area (Å²) in [6.07, 6.45) is 1.08. The van der Waals surface area contributed by atoms with Crippen molar-refractivity contribution in [3.63, 3.8) is 0 Å². The number of hydrogen-bond donors (Lipinski definition) is 0. The fourth-order valence-electron chi connectivity index (χ4n) is 4.31. The molecule has 0 unspecified atom stereocenters. The summed E-state index contributed by atoms with van der Waals surface area (Å²) in [6, 6.07) is 13.5. The van der Waals surface area contributed by atoms with E-state index >= 15 is 0 Å². The van der Waals surface area contributed by atoms with E-state index in [-0.39, 0.29) is 35.1 Å². The van der Waals surface area contributed by atoms with Gasteiger partial charge in [-0.1, -0.05) is 49.7 Å². The molecule has 5 heteroatoms. The first-order chi connectivity index (χ1) is 13.3. The van der Waals surface area contributed by atoms with Gasteiger partial charge in [-0.05, 0) is 41.7 Å². The number of rotatable bonds is 2. The van der Waals surface area contributed by atoms with Crippen molar-refractivity contribution < 1.29 is 14.0 Å². The maximum absolute atomic E-state index is 14.5. The monoisotopic (exact) mass is 397 g/mol. The Balaban J connectivity index is 1.91. The quantitative estimate of drug-likeness (QED) is 0.657. The summed E-state index contributed by atoms with van der Waals surface area (Å²) < 4.78 is 14.5. The molecule has 0 radical (unpaired) electrons. The average molecular weight is 398 g/mol. The van der Waals surface area contributed by atoms with E-state index in [1.54, 1.807) is 30.3 Å². The Labute approximate surface area is 168 Å². The first-order valence-electron chi connectivity index (χ1n) is 9.36. The van der Waals surface area contributed by atoms with E-state index in [1.165, 1.54) is 11.0 Å². The van der Waals surface area contributed by atoms with Crippen molar-refractivity contribution in [1.82, 2.24) is 0 Å². The molecule has 0 saturated carbocycles. The number of anilines is 1. The van der Waals surface area contributed by atoms with E-state index in [0.717, 1.165) is 5.56 Å². The average Bonchev–Trinajstić information content (AvgIpc) is 2.62. The lowest BCUT2D eigenvalue weighted by Gasteiger charge is -2.43. The van der Waals surface area contributed by atoms with Crippen molar-refractivity contribution in [3.05, 3.63) is 76.2 Å². The number of ketones is 1. The van der Waals surface area contributed by atoms with Gasteiger partial charge in [0.15, 0.2) is 5.78 Å². The number of para-hydroxylation sites is 1. The largest absolute Gasteiger partial charge is 0.294 e. The fourth-order valence-corrected chi connectivity index (χ4v) is 4.43. The number of hydrogen-bond acceptors (Lipinski definition) is 2. The van der Waals surface area contributed by atoms with E-state index in [4.69, 9.17) is 11.6 Å². The second-order valence-electron chi connectivity index (χ2n) is 8.29. The molecule has 0 N–H and O–H groups in total. The van der Waals surface area contributed by atoms with Crippen LogP contribution in [0.5, 0.6) is 0 Å². The zero-order valence-corrected chi connectivity index (χ0v) is 16.6. The number of amides is 1. The zero-order chi connectivity index (χ0) is 20.1. The van der Waals surface area contributed by atoms with Crippen molar-refractivity contribution in [2.45, 2.75) is 39.0 Å². The molecule has 0 fully saturated rings. The molecule has 2 aromatic rings. The first-order valence-corrected chi connectivity index (χ1v) is 9.74. The SMILES string of the molecule is CC1(C)CC(=O)C2=C(C1)N(c1ccccc1F)C(=O)C[C@@H]2c1ccc(Cl)cc1.